The van der Waals surface area contributed by atoms with Gasteiger partial charge in [0, 0.05) is 24.5 Å². The van der Waals surface area contributed by atoms with Crippen molar-refractivity contribution in [1.29, 1.82) is 5.26 Å². The molecule has 0 atom stereocenters. The van der Waals surface area contributed by atoms with Gasteiger partial charge in [-0.25, -0.2) is 8.96 Å². The highest BCUT2D eigenvalue weighted by Gasteiger charge is 2.25. The molecular weight excluding hydrogens is 364 g/mol. The van der Waals surface area contributed by atoms with Gasteiger partial charge in [-0.05, 0) is 42.9 Å². The molecule has 25 heavy (non-hydrogen) atoms. The standard InChI is InChI=1S/C16H14N4O3S.ClH/c1-18-10-12-8-15(13-4-2-6-19-14(13)9-17)20(11-12)24(21,22)16-5-3-7-23-16;/h2-8,11,18H,10H2,1H3;1H. The van der Waals surface area contributed by atoms with Gasteiger partial charge in [0.05, 0.1) is 12.0 Å². The molecule has 9 heteroatoms. The van der Waals surface area contributed by atoms with Crippen LogP contribution in [-0.4, -0.2) is 24.4 Å². The van der Waals surface area contributed by atoms with Crippen molar-refractivity contribution in [2.24, 2.45) is 0 Å². The minimum absolute atomic E-state index is 0. The van der Waals surface area contributed by atoms with Gasteiger partial charge in [-0.2, -0.15) is 13.7 Å². The van der Waals surface area contributed by atoms with Gasteiger partial charge in [0.1, 0.15) is 11.8 Å². The zero-order chi connectivity index (χ0) is 17.2. The van der Waals surface area contributed by atoms with Crippen LogP contribution in [0.3, 0.4) is 0 Å². The summed E-state index contributed by atoms with van der Waals surface area (Å²) < 4.78 is 31.9. The Balaban J connectivity index is 0.00000225. The predicted molar refractivity (Wildman–Crippen MR) is 93.7 cm³/mol. The van der Waals surface area contributed by atoms with Crippen molar-refractivity contribution < 1.29 is 12.8 Å². The van der Waals surface area contributed by atoms with Crippen LogP contribution in [-0.2, 0) is 16.6 Å². The van der Waals surface area contributed by atoms with Crippen LogP contribution in [0.5, 0.6) is 0 Å². The third-order valence-electron chi connectivity index (χ3n) is 3.42. The molecule has 0 amide bonds. The van der Waals surface area contributed by atoms with Crippen molar-refractivity contribution >= 4 is 22.4 Å². The average Bonchev–Trinajstić information content (AvgIpc) is 3.25. The predicted octanol–water partition coefficient (Wildman–Crippen LogP) is 2.39. The summed E-state index contributed by atoms with van der Waals surface area (Å²) in [6, 6.07) is 9.92. The number of hydrogen-bond acceptors (Lipinski definition) is 6. The Morgan fingerprint density at radius 2 is 2.16 bits per heavy atom. The summed E-state index contributed by atoms with van der Waals surface area (Å²) in [4.78, 5) is 4.01. The summed E-state index contributed by atoms with van der Waals surface area (Å²) in [5.41, 5.74) is 1.72. The number of nitrogens with one attached hydrogen (secondary N) is 1. The maximum absolute atomic E-state index is 12.9. The SMILES string of the molecule is CNCc1cc(-c2cccnc2C#N)n(S(=O)(=O)c2ccco2)c1.Cl. The largest absolute Gasteiger partial charge is 0.451 e. The summed E-state index contributed by atoms with van der Waals surface area (Å²) in [6.07, 6.45) is 4.30. The Morgan fingerprint density at radius 1 is 1.36 bits per heavy atom. The van der Waals surface area contributed by atoms with Crippen LogP contribution in [0.2, 0.25) is 0 Å². The van der Waals surface area contributed by atoms with Gasteiger partial charge < -0.3 is 9.73 Å². The quantitative estimate of drug-likeness (QED) is 0.731. The topological polar surface area (TPSA) is 101 Å². The molecule has 0 unspecified atom stereocenters. The molecular formula is C16H15ClN4O3S. The number of rotatable bonds is 5. The number of nitrogens with zero attached hydrogens (tertiary/aromatic N) is 3. The number of pyridine rings is 1. The molecule has 3 heterocycles. The molecule has 7 nitrogen and oxygen atoms in total. The van der Waals surface area contributed by atoms with E-state index in [2.05, 4.69) is 10.3 Å². The van der Waals surface area contributed by atoms with E-state index in [9.17, 15) is 13.7 Å². The van der Waals surface area contributed by atoms with Gasteiger partial charge in [-0.15, -0.1) is 12.4 Å². The van der Waals surface area contributed by atoms with Crippen molar-refractivity contribution in [2.45, 2.75) is 11.6 Å². The Bertz CT molecular complexity index is 1000. The second-order valence-electron chi connectivity index (χ2n) is 5.01. The molecule has 0 radical (unpaired) electrons. The average molecular weight is 379 g/mol. The van der Waals surface area contributed by atoms with Crippen LogP contribution in [0, 0.1) is 11.3 Å². The van der Waals surface area contributed by atoms with Crippen LogP contribution in [0.25, 0.3) is 11.3 Å². The van der Waals surface area contributed by atoms with E-state index >= 15 is 0 Å². The maximum atomic E-state index is 12.9. The van der Waals surface area contributed by atoms with Crippen LogP contribution in [0.15, 0.2) is 58.5 Å². The Kier molecular flexibility index (Phi) is 5.64. The van der Waals surface area contributed by atoms with Gasteiger partial charge in [0.25, 0.3) is 0 Å². The number of nitriles is 1. The molecule has 0 bridgehead atoms. The Labute approximate surface area is 151 Å². The fourth-order valence-corrected chi connectivity index (χ4v) is 3.71. The van der Waals surface area contributed by atoms with E-state index < -0.39 is 10.0 Å². The van der Waals surface area contributed by atoms with E-state index in [0.717, 1.165) is 9.54 Å². The highest BCUT2D eigenvalue weighted by atomic mass is 35.5. The van der Waals surface area contributed by atoms with Gasteiger partial charge in [-0.1, -0.05) is 0 Å². The molecule has 3 aromatic rings. The first-order valence-electron chi connectivity index (χ1n) is 7.08. The lowest BCUT2D eigenvalue weighted by molar-refractivity contribution is 0.447. The maximum Gasteiger partial charge on any atom is 0.301 e. The van der Waals surface area contributed by atoms with Crippen molar-refractivity contribution in [3.05, 3.63) is 60.2 Å². The molecule has 3 aromatic heterocycles. The summed E-state index contributed by atoms with van der Waals surface area (Å²) in [5.74, 6) is 0. The van der Waals surface area contributed by atoms with Crippen LogP contribution >= 0.6 is 12.4 Å². The van der Waals surface area contributed by atoms with Crippen LogP contribution in [0.4, 0.5) is 0 Å². The van der Waals surface area contributed by atoms with Crippen molar-refractivity contribution in [3.63, 3.8) is 0 Å². The molecule has 0 spiro atoms. The highest BCUT2D eigenvalue weighted by molar-refractivity contribution is 7.89. The molecule has 3 rings (SSSR count). The lowest BCUT2D eigenvalue weighted by Crippen LogP contribution is -2.13. The second kappa shape index (κ2) is 7.53. The van der Waals surface area contributed by atoms with E-state index in [4.69, 9.17) is 4.42 Å². The molecule has 0 aliphatic heterocycles. The fourth-order valence-electron chi connectivity index (χ4n) is 2.40. The number of furan rings is 1. The normalized spacial score (nSPS) is 10.9. The zero-order valence-electron chi connectivity index (χ0n) is 13.2. The molecule has 130 valence electrons. The van der Waals surface area contributed by atoms with Crippen molar-refractivity contribution in [1.82, 2.24) is 14.3 Å². The number of hydrogen-bond donors (Lipinski definition) is 1. The minimum atomic E-state index is -3.91. The number of aromatic nitrogens is 2. The van der Waals surface area contributed by atoms with Crippen LogP contribution in [0.1, 0.15) is 11.3 Å². The van der Waals surface area contributed by atoms with Crippen molar-refractivity contribution in [3.8, 4) is 17.3 Å². The van der Waals surface area contributed by atoms with Crippen LogP contribution < -0.4 is 5.32 Å². The van der Waals surface area contributed by atoms with Gasteiger partial charge >= 0.3 is 10.0 Å². The van der Waals surface area contributed by atoms with Gasteiger partial charge in [0.15, 0.2) is 0 Å². The smallest absolute Gasteiger partial charge is 0.301 e. The van der Waals surface area contributed by atoms with E-state index in [0.29, 0.717) is 17.8 Å². The Hall–Kier alpha value is -2.60. The molecule has 0 aromatic carbocycles. The lowest BCUT2D eigenvalue weighted by atomic mass is 10.1. The Morgan fingerprint density at radius 3 is 2.80 bits per heavy atom. The minimum Gasteiger partial charge on any atom is -0.451 e. The molecule has 0 aliphatic rings. The highest BCUT2D eigenvalue weighted by Crippen LogP contribution is 2.28. The zero-order valence-corrected chi connectivity index (χ0v) is 14.8. The third kappa shape index (κ3) is 3.44. The lowest BCUT2D eigenvalue weighted by Gasteiger charge is -2.09. The first-order chi connectivity index (χ1) is 11.6. The molecule has 0 aliphatic carbocycles. The fraction of sp³-hybridized carbons (Fsp3) is 0.125. The van der Waals surface area contributed by atoms with E-state index in [1.54, 1.807) is 25.2 Å². The van der Waals surface area contributed by atoms with E-state index in [1.165, 1.54) is 30.8 Å². The van der Waals surface area contributed by atoms with Crippen molar-refractivity contribution in [2.75, 3.05) is 7.05 Å². The van der Waals surface area contributed by atoms with Gasteiger partial charge in [-0.3, -0.25) is 0 Å². The second-order valence-corrected chi connectivity index (χ2v) is 6.75. The van der Waals surface area contributed by atoms with Gasteiger partial charge in [0.2, 0.25) is 5.09 Å². The first kappa shape index (κ1) is 18.7. The summed E-state index contributed by atoms with van der Waals surface area (Å²) >= 11 is 0. The van der Waals surface area contributed by atoms with E-state index in [-0.39, 0.29) is 23.2 Å². The summed E-state index contributed by atoms with van der Waals surface area (Å²) in [6.45, 7) is 0.482. The molecule has 1 N–H and O–H groups in total. The van der Waals surface area contributed by atoms with E-state index in [1.807, 2.05) is 6.07 Å². The summed E-state index contributed by atoms with van der Waals surface area (Å²) in [7, 11) is -2.15. The first-order valence-corrected chi connectivity index (χ1v) is 8.52. The monoisotopic (exact) mass is 378 g/mol. The molecule has 0 saturated carbocycles. The number of halogens is 1. The summed E-state index contributed by atoms with van der Waals surface area (Å²) in [5, 5.41) is 12.1. The third-order valence-corrected chi connectivity index (χ3v) is 4.98. The molecule has 0 fully saturated rings. The molecule has 0 saturated heterocycles.